The Kier molecular flexibility index (Phi) is 4.22. The molecule has 1 aromatic rings. The summed E-state index contributed by atoms with van der Waals surface area (Å²) in [6, 6.07) is -0.00768. The number of rotatable bonds is 5. The van der Waals surface area contributed by atoms with Gasteiger partial charge in [-0.3, -0.25) is 4.68 Å². The highest BCUT2D eigenvalue weighted by Crippen LogP contribution is 2.28. The maximum absolute atomic E-state index is 12.6. The van der Waals surface area contributed by atoms with Crippen molar-refractivity contribution in [3.63, 3.8) is 0 Å². The molecular formula is C11H18N4O2S2. The average molecular weight is 302 g/mol. The first kappa shape index (κ1) is 14.4. The monoisotopic (exact) mass is 302 g/mol. The Morgan fingerprint density at radius 1 is 1.58 bits per heavy atom. The van der Waals surface area contributed by atoms with Crippen LogP contribution in [-0.4, -0.2) is 40.1 Å². The molecule has 1 aromatic heterocycles. The Morgan fingerprint density at radius 2 is 2.21 bits per heavy atom. The molecule has 2 N–H and O–H groups in total. The van der Waals surface area contributed by atoms with E-state index in [-0.39, 0.29) is 22.5 Å². The fourth-order valence-electron chi connectivity index (χ4n) is 2.42. The van der Waals surface area contributed by atoms with Crippen molar-refractivity contribution in [2.45, 2.75) is 36.6 Å². The van der Waals surface area contributed by atoms with E-state index in [1.54, 1.807) is 7.05 Å². The van der Waals surface area contributed by atoms with Crippen molar-refractivity contribution >= 4 is 27.2 Å². The zero-order valence-electron chi connectivity index (χ0n) is 10.8. The summed E-state index contributed by atoms with van der Waals surface area (Å²) in [6.07, 6.45) is 6.67. The van der Waals surface area contributed by atoms with Crippen LogP contribution in [0.15, 0.2) is 17.3 Å². The predicted octanol–water partition coefficient (Wildman–Crippen LogP) is 0.639. The van der Waals surface area contributed by atoms with Gasteiger partial charge < -0.3 is 5.73 Å². The smallest absolute Gasteiger partial charge is 0.246 e. The van der Waals surface area contributed by atoms with E-state index < -0.39 is 10.0 Å². The van der Waals surface area contributed by atoms with E-state index in [2.05, 4.69) is 5.10 Å². The predicted molar refractivity (Wildman–Crippen MR) is 76.1 cm³/mol. The van der Waals surface area contributed by atoms with Crippen LogP contribution < -0.4 is 5.73 Å². The van der Waals surface area contributed by atoms with Crippen LogP contribution >= 0.6 is 12.2 Å². The molecule has 0 aromatic carbocycles. The number of thiocarbonyl (C=S) groups is 1. The van der Waals surface area contributed by atoms with Crippen LogP contribution in [0.5, 0.6) is 0 Å². The van der Waals surface area contributed by atoms with Crippen molar-refractivity contribution < 1.29 is 8.42 Å². The highest BCUT2D eigenvalue weighted by Gasteiger charge is 2.34. The van der Waals surface area contributed by atoms with Crippen molar-refractivity contribution in [1.29, 1.82) is 0 Å². The van der Waals surface area contributed by atoms with E-state index in [1.807, 2.05) is 0 Å². The van der Waals surface area contributed by atoms with Crippen LogP contribution in [0.2, 0.25) is 0 Å². The number of hydrogen-bond donors (Lipinski definition) is 1. The van der Waals surface area contributed by atoms with E-state index in [0.717, 1.165) is 25.7 Å². The molecule has 0 aliphatic heterocycles. The van der Waals surface area contributed by atoms with Gasteiger partial charge in [0.05, 0.1) is 17.7 Å². The fourth-order valence-corrected chi connectivity index (χ4v) is 4.29. The van der Waals surface area contributed by atoms with Crippen molar-refractivity contribution in [1.82, 2.24) is 14.1 Å². The van der Waals surface area contributed by atoms with E-state index >= 15 is 0 Å². The topological polar surface area (TPSA) is 81.2 Å². The van der Waals surface area contributed by atoms with Gasteiger partial charge in [-0.25, -0.2) is 8.42 Å². The normalized spacial score (nSPS) is 17.2. The standard InChI is InChI=1S/C11H18N4O2S2/c1-14-7-10(6-13-14)19(16,17)15(8-11(12)18)9-4-2-3-5-9/h6-7,9H,2-5,8H2,1H3,(H2,12,18). The summed E-state index contributed by atoms with van der Waals surface area (Å²) in [4.78, 5) is 0.387. The Morgan fingerprint density at radius 3 is 2.68 bits per heavy atom. The lowest BCUT2D eigenvalue weighted by Gasteiger charge is -2.26. The minimum Gasteiger partial charge on any atom is -0.392 e. The molecule has 6 nitrogen and oxygen atoms in total. The molecule has 8 heteroatoms. The van der Waals surface area contributed by atoms with Crippen LogP contribution in [0.25, 0.3) is 0 Å². The molecule has 2 rings (SSSR count). The molecule has 106 valence electrons. The largest absolute Gasteiger partial charge is 0.392 e. The molecular weight excluding hydrogens is 284 g/mol. The Balaban J connectivity index is 2.33. The third-order valence-corrected chi connectivity index (χ3v) is 5.31. The molecule has 0 radical (unpaired) electrons. The summed E-state index contributed by atoms with van der Waals surface area (Å²) in [5.74, 6) is 0. The molecule has 0 bridgehead atoms. The van der Waals surface area contributed by atoms with Gasteiger partial charge in [0, 0.05) is 19.3 Å². The van der Waals surface area contributed by atoms with Gasteiger partial charge in [0.2, 0.25) is 10.0 Å². The summed E-state index contributed by atoms with van der Waals surface area (Å²) in [6.45, 7) is 0.0945. The number of nitrogens with zero attached hydrogens (tertiary/aromatic N) is 3. The number of nitrogens with two attached hydrogens (primary N) is 1. The molecule has 0 amide bonds. The first-order valence-electron chi connectivity index (χ1n) is 6.20. The van der Waals surface area contributed by atoms with Gasteiger partial charge in [0.25, 0.3) is 0 Å². The quantitative estimate of drug-likeness (QED) is 0.807. The molecule has 1 saturated carbocycles. The lowest BCUT2D eigenvalue weighted by atomic mass is 10.2. The van der Waals surface area contributed by atoms with E-state index in [9.17, 15) is 8.42 Å². The summed E-state index contributed by atoms with van der Waals surface area (Å²) >= 11 is 4.88. The molecule has 1 aliphatic rings. The van der Waals surface area contributed by atoms with E-state index in [1.165, 1.54) is 21.4 Å². The van der Waals surface area contributed by atoms with E-state index in [4.69, 9.17) is 18.0 Å². The number of hydrogen-bond acceptors (Lipinski definition) is 4. The van der Waals surface area contributed by atoms with Gasteiger partial charge in [0.1, 0.15) is 4.90 Å². The molecule has 19 heavy (non-hydrogen) atoms. The van der Waals surface area contributed by atoms with Crippen LogP contribution in [0.3, 0.4) is 0 Å². The Bertz CT molecular complexity index is 561. The van der Waals surface area contributed by atoms with Crippen molar-refractivity contribution in [2.75, 3.05) is 6.54 Å². The van der Waals surface area contributed by atoms with Crippen molar-refractivity contribution in [3.8, 4) is 0 Å². The third-order valence-electron chi connectivity index (χ3n) is 3.33. The van der Waals surface area contributed by atoms with Gasteiger partial charge in [-0.1, -0.05) is 25.1 Å². The summed E-state index contributed by atoms with van der Waals surface area (Å²) < 4.78 is 28.2. The third kappa shape index (κ3) is 3.13. The summed E-state index contributed by atoms with van der Waals surface area (Å²) in [5, 5.41) is 3.92. The second kappa shape index (κ2) is 5.56. The molecule has 1 aliphatic carbocycles. The van der Waals surface area contributed by atoms with Crippen LogP contribution in [0.4, 0.5) is 0 Å². The Hall–Kier alpha value is -0.990. The lowest BCUT2D eigenvalue weighted by molar-refractivity contribution is 0.355. The first-order valence-corrected chi connectivity index (χ1v) is 8.05. The van der Waals surface area contributed by atoms with Crippen molar-refractivity contribution in [2.24, 2.45) is 12.8 Å². The van der Waals surface area contributed by atoms with Gasteiger partial charge in [-0.2, -0.15) is 9.40 Å². The van der Waals surface area contributed by atoms with Gasteiger partial charge >= 0.3 is 0 Å². The highest BCUT2D eigenvalue weighted by molar-refractivity contribution is 7.89. The molecule has 0 unspecified atom stereocenters. The maximum atomic E-state index is 12.6. The fraction of sp³-hybridized carbons (Fsp3) is 0.636. The second-order valence-electron chi connectivity index (χ2n) is 4.80. The van der Waals surface area contributed by atoms with Crippen LogP contribution in [0.1, 0.15) is 25.7 Å². The molecule has 0 spiro atoms. The number of aromatic nitrogens is 2. The molecule has 1 fully saturated rings. The summed E-state index contributed by atoms with van der Waals surface area (Å²) in [5.41, 5.74) is 5.55. The Labute approximate surface area is 118 Å². The first-order chi connectivity index (χ1) is 8.91. The maximum Gasteiger partial charge on any atom is 0.246 e. The zero-order chi connectivity index (χ0) is 14.0. The van der Waals surface area contributed by atoms with Gasteiger partial charge in [0.15, 0.2) is 0 Å². The van der Waals surface area contributed by atoms with Crippen LogP contribution in [-0.2, 0) is 17.1 Å². The number of aryl methyl sites for hydroxylation is 1. The summed E-state index contributed by atoms with van der Waals surface area (Å²) in [7, 11) is -1.89. The van der Waals surface area contributed by atoms with Crippen LogP contribution in [0, 0.1) is 0 Å². The SMILES string of the molecule is Cn1cc(S(=O)(=O)N(CC(N)=S)C2CCCC2)cn1. The number of sulfonamides is 1. The van der Waals surface area contributed by atoms with Gasteiger partial charge in [-0.15, -0.1) is 0 Å². The molecule has 1 heterocycles. The minimum absolute atomic E-state index is 0.00768. The second-order valence-corrected chi connectivity index (χ2v) is 7.22. The lowest BCUT2D eigenvalue weighted by Crippen LogP contribution is -2.43. The van der Waals surface area contributed by atoms with E-state index in [0.29, 0.717) is 0 Å². The van der Waals surface area contributed by atoms with Gasteiger partial charge in [-0.05, 0) is 12.8 Å². The highest BCUT2D eigenvalue weighted by atomic mass is 32.2. The minimum atomic E-state index is -3.58. The molecule has 0 saturated heterocycles. The molecule has 0 atom stereocenters. The van der Waals surface area contributed by atoms with Crippen molar-refractivity contribution in [3.05, 3.63) is 12.4 Å². The zero-order valence-corrected chi connectivity index (χ0v) is 12.5. The average Bonchev–Trinajstić information content (AvgIpc) is 2.96.